The van der Waals surface area contributed by atoms with E-state index in [9.17, 15) is 14.4 Å². The minimum Gasteiger partial charge on any atom is -0.462 e. The van der Waals surface area contributed by atoms with E-state index in [1.165, 1.54) is 257 Å². The highest BCUT2D eigenvalue weighted by molar-refractivity contribution is 5.71. The molecule has 0 saturated heterocycles. The Morgan fingerprint density at radius 2 is 0.507 bits per heavy atom. The molecule has 0 aromatic rings. The number of rotatable bonds is 63. The molecule has 0 amide bonds. The SMILES string of the molecule is CCC/C=C\C/C=C\CCCCCCCC(=O)OCC(COC(=O)CCCCCCCCCCCCCCCCCCCCCCCCCCCC)OC(=O)CCCCCCCCCCCCCCCCCCCC. The van der Waals surface area contributed by atoms with Gasteiger partial charge in [0.1, 0.15) is 13.2 Å². The highest BCUT2D eigenvalue weighted by atomic mass is 16.6. The fourth-order valence-electron chi connectivity index (χ4n) is 10.4. The summed E-state index contributed by atoms with van der Waals surface area (Å²) in [7, 11) is 0. The summed E-state index contributed by atoms with van der Waals surface area (Å²) in [4.78, 5) is 38.3. The molecule has 0 aromatic heterocycles. The molecule has 0 N–H and O–H groups in total. The Morgan fingerprint density at radius 3 is 0.787 bits per heavy atom. The van der Waals surface area contributed by atoms with Crippen molar-refractivity contribution in [2.75, 3.05) is 13.2 Å². The molecule has 0 aliphatic carbocycles. The average molecular weight is 1060 g/mol. The van der Waals surface area contributed by atoms with Gasteiger partial charge in [0.25, 0.3) is 0 Å². The highest BCUT2D eigenvalue weighted by Gasteiger charge is 2.19. The number of unbranched alkanes of at least 4 members (excludes halogenated alkanes) is 48. The molecule has 6 heteroatoms. The van der Waals surface area contributed by atoms with Gasteiger partial charge in [-0.3, -0.25) is 14.4 Å². The van der Waals surface area contributed by atoms with Crippen LogP contribution in [0.3, 0.4) is 0 Å². The van der Waals surface area contributed by atoms with Crippen LogP contribution in [0, 0.1) is 0 Å². The molecule has 1 unspecified atom stereocenters. The summed E-state index contributed by atoms with van der Waals surface area (Å²) < 4.78 is 16.9. The van der Waals surface area contributed by atoms with E-state index in [-0.39, 0.29) is 31.1 Å². The molecule has 0 aromatic carbocycles. The maximum absolute atomic E-state index is 12.9. The number of hydrogen-bond acceptors (Lipinski definition) is 6. The van der Waals surface area contributed by atoms with Crippen molar-refractivity contribution in [2.45, 2.75) is 386 Å². The van der Waals surface area contributed by atoms with Crippen molar-refractivity contribution in [2.24, 2.45) is 0 Å². The van der Waals surface area contributed by atoms with Crippen molar-refractivity contribution in [1.29, 1.82) is 0 Å². The van der Waals surface area contributed by atoms with Gasteiger partial charge in [0.2, 0.25) is 0 Å². The van der Waals surface area contributed by atoms with Crippen LogP contribution in [0.5, 0.6) is 0 Å². The number of esters is 3. The van der Waals surface area contributed by atoms with Crippen LogP contribution in [-0.2, 0) is 28.6 Å². The van der Waals surface area contributed by atoms with Crippen LogP contribution >= 0.6 is 0 Å². The van der Waals surface area contributed by atoms with Crippen LogP contribution in [0.1, 0.15) is 380 Å². The van der Waals surface area contributed by atoms with Crippen LogP contribution in [0.15, 0.2) is 24.3 Å². The van der Waals surface area contributed by atoms with Gasteiger partial charge < -0.3 is 14.2 Å². The monoisotopic (exact) mass is 1050 g/mol. The molecule has 0 aliphatic heterocycles. The van der Waals surface area contributed by atoms with Crippen molar-refractivity contribution in [3.8, 4) is 0 Å². The molecule has 0 saturated carbocycles. The molecule has 442 valence electrons. The van der Waals surface area contributed by atoms with Crippen LogP contribution < -0.4 is 0 Å². The molecule has 75 heavy (non-hydrogen) atoms. The van der Waals surface area contributed by atoms with Crippen LogP contribution in [0.4, 0.5) is 0 Å². The lowest BCUT2D eigenvalue weighted by Gasteiger charge is -2.18. The second-order valence-electron chi connectivity index (χ2n) is 23.1. The van der Waals surface area contributed by atoms with E-state index >= 15 is 0 Å². The van der Waals surface area contributed by atoms with Crippen LogP contribution in [0.2, 0.25) is 0 Å². The Morgan fingerprint density at radius 1 is 0.267 bits per heavy atom. The molecular weight excluding hydrogens is 925 g/mol. The number of hydrogen-bond donors (Lipinski definition) is 0. The van der Waals surface area contributed by atoms with E-state index in [4.69, 9.17) is 14.2 Å². The van der Waals surface area contributed by atoms with Gasteiger partial charge in [-0.2, -0.15) is 0 Å². The third-order valence-electron chi connectivity index (χ3n) is 15.4. The molecule has 0 aliphatic rings. The van der Waals surface area contributed by atoms with Crippen molar-refractivity contribution >= 4 is 17.9 Å². The minimum absolute atomic E-state index is 0.0695. The zero-order valence-electron chi connectivity index (χ0n) is 50.8. The van der Waals surface area contributed by atoms with Gasteiger partial charge in [-0.15, -0.1) is 0 Å². The molecule has 0 heterocycles. The van der Waals surface area contributed by atoms with Crippen molar-refractivity contribution in [3.63, 3.8) is 0 Å². The Balaban J connectivity index is 4.20. The maximum Gasteiger partial charge on any atom is 0.306 e. The number of allylic oxidation sites excluding steroid dienone is 4. The summed E-state index contributed by atoms with van der Waals surface area (Å²) in [5.41, 5.74) is 0. The van der Waals surface area contributed by atoms with Gasteiger partial charge in [0.15, 0.2) is 6.10 Å². The Hall–Kier alpha value is -2.11. The van der Waals surface area contributed by atoms with Gasteiger partial charge in [-0.25, -0.2) is 0 Å². The first-order valence-electron chi connectivity index (χ1n) is 33.8. The van der Waals surface area contributed by atoms with E-state index in [1.54, 1.807) is 0 Å². The molecular formula is C69H130O6. The van der Waals surface area contributed by atoms with Gasteiger partial charge in [-0.05, 0) is 44.9 Å². The third-order valence-corrected chi connectivity index (χ3v) is 15.4. The first kappa shape index (κ1) is 72.9. The maximum atomic E-state index is 12.9. The molecule has 1 atom stereocenters. The summed E-state index contributed by atoms with van der Waals surface area (Å²) in [5, 5.41) is 0. The second kappa shape index (κ2) is 64.4. The van der Waals surface area contributed by atoms with Crippen molar-refractivity contribution in [3.05, 3.63) is 24.3 Å². The molecule has 0 spiro atoms. The van der Waals surface area contributed by atoms with Crippen molar-refractivity contribution < 1.29 is 28.6 Å². The highest BCUT2D eigenvalue weighted by Crippen LogP contribution is 2.19. The lowest BCUT2D eigenvalue weighted by atomic mass is 10.0. The first-order chi connectivity index (χ1) is 37.0. The molecule has 0 rings (SSSR count). The van der Waals surface area contributed by atoms with Crippen LogP contribution in [-0.4, -0.2) is 37.2 Å². The fourth-order valence-corrected chi connectivity index (χ4v) is 10.4. The number of ether oxygens (including phenoxy) is 3. The summed E-state index contributed by atoms with van der Waals surface area (Å²) in [6.45, 7) is 6.64. The van der Waals surface area contributed by atoms with Crippen LogP contribution in [0.25, 0.3) is 0 Å². The first-order valence-corrected chi connectivity index (χ1v) is 33.8. The largest absolute Gasteiger partial charge is 0.462 e. The second-order valence-corrected chi connectivity index (χ2v) is 23.1. The van der Waals surface area contributed by atoms with E-state index in [0.29, 0.717) is 19.3 Å². The normalized spacial score (nSPS) is 12.1. The third kappa shape index (κ3) is 62.6. The summed E-state index contributed by atoms with van der Waals surface area (Å²) in [6.07, 6.45) is 77.8. The summed E-state index contributed by atoms with van der Waals surface area (Å²) in [6, 6.07) is 0. The Kier molecular flexibility index (Phi) is 62.6. The Labute approximate surface area is 468 Å². The number of carbonyl (C=O) groups excluding carboxylic acids is 3. The zero-order valence-corrected chi connectivity index (χ0v) is 50.8. The molecule has 0 fully saturated rings. The van der Waals surface area contributed by atoms with Crippen molar-refractivity contribution in [1.82, 2.24) is 0 Å². The van der Waals surface area contributed by atoms with Gasteiger partial charge in [0, 0.05) is 19.3 Å². The summed E-state index contributed by atoms with van der Waals surface area (Å²) >= 11 is 0. The van der Waals surface area contributed by atoms with E-state index < -0.39 is 6.10 Å². The van der Waals surface area contributed by atoms with Gasteiger partial charge in [0.05, 0.1) is 0 Å². The molecule has 0 bridgehead atoms. The minimum atomic E-state index is -0.773. The van der Waals surface area contributed by atoms with E-state index in [2.05, 4.69) is 45.1 Å². The topological polar surface area (TPSA) is 78.9 Å². The predicted octanol–water partition coefficient (Wildman–Crippen LogP) is 23.0. The predicted molar refractivity (Wildman–Crippen MR) is 326 cm³/mol. The average Bonchev–Trinajstić information content (AvgIpc) is 3.41. The Bertz CT molecular complexity index is 1210. The lowest BCUT2D eigenvalue weighted by molar-refractivity contribution is -0.167. The van der Waals surface area contributed by atoms with E-state index in [1.807, 2.05) is 0 Å². The summed E-state index contributed by atoms with van der Waals surface area (Å²) in [5.74, 6) is -0.855. The number of carbonyl (C=O) groups is 3. The zero-order chi connectivity index (χ0) is 54.3. The van der Waals surface area contributed by atoms with Gasteiger partial charge >= 0.3 is 17.9 Å². The molecule has 6 nitrogen and oxygen atoms in total. The standard InChI is InChI=1S/C69H130O6/c1-4-7-10-13-16-19-22-25-27-29-31-32-33-34-35-36-37-38-40-41-44-47-50-53-56-59-62-68(71)74-65-66(64-73-67(70)61-58-55-52-49-46-43-24-21-18-15-12-9-6-3)75-69(72)63-60-57-54-51-48-45-42-39-30-28-26-23-20-17-14-11-8-5-2/h12,15,21,24,66H,4-11,13-14,16-20,22-23,25-65H2,1-3H3/b15-12-,24-21-. The van der Waals surface area contributed by atoms with E-state index in [0.717, 1.165) is 83.5 Å². The fraction of sp³-hybridized carbons (Fsp3) is 0.899. The lowest BCUT2D eigenvalue weighted by Crippen LogP contribution is -2.30. The smallest absolute Gasteiger partial charge is 0.306 e. The molecule has 0 radical (unpaired) electrons. The quantitative estimate of drug-likeness (QED) is 0.0261. The van der Waals surface area contributed by atoms with Gasteiger partial charge in [-0.1, -0.05) is 340 Å².